The summed E-state index contributed by atoms with van der Waals surface area (Å²) in [5.41, 5.74) is 1.04. The van der Waals surface area contributed by atoms with E-state index in [9.17, 15) is 18.0 Å². The molecule has 0 saturated heterocycles. The number of rotatable bonds is 5. The number of nitrogens with one attached hydrogen (secondary N) is 1. The number of carbonyl (C=O) groups excluding carboxylic acids is 1. The number of furan rings is 1. The van der Waals surface area contributed by atoms with Gasteiger partial charge in [0.25, 0.3) is 5.91 Å². The largest absolute Gasteiger partial charge is 0.493 e. The molecule has 1 amide bonds. The molecule has 0 fully saturated rings. The van der Waals surface area contributed by atoms with Crippen molar-refractivity contribution in [2.75, 3.05) is 12.4 Å². The normalized spacial score (nSPS) is 11.0. The van der Waals surface area contributed by atoms with Gasteiger partial charge in [-0.25, -0.2) is 4.39 Å². The molecule has 0 radical (unpaired) electrons. The van der Waals surface area contributed by atoms with Gasteiger partial charge in [0.2, 0.25) is 0 Å². The van der Waals surface area contributed by atoms with E-state index in [0.29, 0.717) is 16.5 Å². The topological polar surface area (TPSA) is 60.7 Å². The Bertz CT molecular complexity index is 968. The molecule has 0 bridgehead atoms. The molecule has 1 N–H and O–H groups in total. The first-order chi connectivity index (χ1) is 12.4. The fraction of sp³-hybridized carbons (Fsp3) is 0.167. The third-order valence-corrected chi connectivity index (χ3v) is 3.74. The summed E-state index contributed by atoms with van der Waals surface area (Å²) in [4.78, 5) is 12.5. The number of ether oxygens (including phenoxy) is 2. The summed E-state index contributed by atoms with van der Waals surface area (Å²) < 4.78 is 53.1. The highest BCUT2D eigenvalue weighted by Crippen LogP contribution is 2.32. The van der Waals surface area contributed by atoms with Crippen LogP contribution in [-0.4, -0.2) is 19.6 Å². The van der Waals surface area contributed by atoms with E-state index in [1.807, 2.05) is 0 Å². The fourth-order valence-corrected chi connectivity index (χ4v) is 2.54. The molecule has 26 heavy (non-hydrogen) atoms. The molecule has 0 saturated carbocycles. The van der Waals surface area contributed by atoms with Crippen LogP contribution in [0.15, 0.2) is 40.8 Å². The summed E-state index contributed by atoms with van der Waals surface area (Å²) in [6, 6.07) is 7.98. The average Bonchev–Trinajstić information content (AvgIpc) is 2.91. The van der Waals surface area contributed by atoms with Gasteiger partial charge in [-0.3, -0.25) is 4.79 Å². The standard InChI is InChI=1S/C18H14F3NO4/c1-9-12-7-10(19)3-5-13(12)25-16(9)17(23)22-11-4-6-14(24-2)15(8-11)26-18(20)21/h3-8,18H,1-2H3,(H,22,23). The van der Waals surface area contributed by atoms with Crippen LogP contribution in [0.4, 0.5) is 18.9 Å². The van der Waals surface area contributed by atoms with Crippen LogP contribution < -0.4 is 14.8 Å². The third-order valence-electron chi connectivity index (χ3n) is 3.74. The van der Waals surface area contributed by atoms with Gasteiger partial charge in [-0.05, 0) is 37.3 Å². The molecule has 0 unspecified atom stereocenters. The lowest BCUT2D eigenvalue weighted by Crippen LogP contribution is -2.12. The summed E-state index contributed by atoms with van der Waals surface area (Å²) in [7, 11) is 1.31. The van der Waals surface area contributed by atoms with Gasteiger partial charge >= 0.3 is 6.61 Å². The van der Waals surface area contributed by atoms with Crippen molar-refractivity contribution < 1.29 is 31.9 Å². The van der Waals surface area contributed by atoms with Gasteiger partial charge in [0.15, 0.2) is 17.3 Å². The summed E-state index contributed by atoms with van der Waals surface area (Å²) >= 11 is 0. The Balaban J connectivity index is 1.89. The predicted molar refractivity (Wildman–Crippen MR) is 88.5 cm³/mol. The van der Waals surface area contributed by atoms with Crippen molar-refractivity contribution in [3.63, 3.8) is 0 Å². The number of aryl methyl sites for hydroxylation is 1. The smallest absolute Gasteiger partial charge is 0.387 e. The van der Waals surface area contributed by atoms with Crippen LogP contribution in [0, 0.1) is 12.7 Å². The monoisotopic (exact) mass is 365 g/mol. The molecule has 0 aliphatic rings. The summed E-state index contributed by atoms with van der Waals surface area (Å²) in [6.07, 6.45) is 0. The van der Waals surface area contributed by atoms with Crippen molar-refractivity contribution in [1.82, 2.24) is 0 Å². The van der Waals surface area contributed by atoms with E-state index in [2.05, 4.69) is 10.1 Å². The van der Waals surface area contributed by atoms with Gasteiger partial charge < -0.3 is 19.2 Å². The van der Waals surface area contributed by atoms with Crippen molar-refractivity contribution >= 4 is 22.6 Å². The molecule has 0 aliphatic carbocycles. The van der Waals surface area contributed by atoms with Gasteiger partial charge in [-0.1, -0.05) is 0 Å². The van der Waals surface area contributed by atoms with Crippen molar-refractivity contribution in [3.8, 4) is 11.5 Å². The van der Waals surface area contributed by atoms with Crippen LogP contribution in [-0.2, 0) is 0 Å². The molecule has 8 heteroatoms. The second kappa shape index (κ2) is 6.99. The summed E-state index contributed by atoms with van der Waals surface area (Å²) in [5.74, 6) is -1.18. The summed E-state index contributed by atoms with van der Waals surface area (Å²) in [6.45, 7) is -1.41. The van der Waals surface area contributed by atoms with Gasteiger partial charge in [0.1, 0.15) is 11.4 Å². The lowest BCUT2D eigenvalue weighted by atomic mass is 10.1. The van der Waals surface area contributed by atoms with Crippen molar-refractivity contribution in [1.29, 1.82) is 0 Å². The van der Waals surface area contributed by atoms with Crippen LogP contribution in [0.25, 0.3) is 11.0 Å². The number of halogens is 3. The zero-order valence-corrected chi connectivity index (χ0v) is 13.8. The van der Waals surface area contributed by atoms with E-state index in [1.165, 1.54) is 43.5 Å². The SMILES string of the molecule is COc1ccc(NC(=O)c2oc3ccc(F)cc3c2C)cc1OC(F)F. The molecule has 0 spiro atoms. The van der Waals surface area contributed by atoms with E-state index in [4.69, 9.17) is 9.15 Å². The maximum absolute atomic E-state index is 13.4. The highest BCUT2D eigenvalue weighted by Gasteiger charge is 2.19. The highest BCUT2D eigenvalue weighted by atomic mass is 19.3. The number of benzene rings is 2. The third kappa shape index (κ3) is 3.44. The van der Waals surface area contributed by atoms with Gasteiger partial charge in [-0.2, -0.15) is 8.78 Å². The van der Waals surface area contributed by atoms with Gasteiger partial charge in [-0.15, -0.1) is 0 Å². The van der Waals surface area contributed by atoms with Gasteiger partial charge in [0.05, 0.1) is 7.11 Å². The Labute approximate surface area is 146 Å². The van der Waals surface area contributed by atoms with E-state index in [0.717, 1.165) is 0 Å². The molecular formula is C18H14F3NO4. The first kappa shape index (κ1) is 17.7. The molecule has 136 valence electrons. The number of anilines is 1. The maximum Gasteiger partial charge on any atom is 0.387 e. The van der Waals surface area contributed by atoms with Crippen LogP contribution in [0.5, 0.6) is 11.5 Å². The van der Waals surface area contributed by atoms with Crippen LogP contribution in [0.1, 0.15) is 16.1 Å². The molecule has 0 atom stereocenters. The number of fused-ring (bicyclic) bond motifs is 1. The van der Waals surface area contributed by atoms with Crippen LogP contribution in [0.2, 0.25) is 0 Å². The minimum atomic E-state index is -3.04. The number of methoxy groups -OCH3 is 1. The molecule has 3 aromatic rings. The van der Waals surface area contributed by atoms with Crippen molar-refractivity contribution in [2.45, 2.75) is 13.5 Å². The molecule has 1 heterocycles. The second-order valence-electron chi connectivity index (χ2n) is 5.39. The van der Waals surface area contributed by atoms with E-state index < -0.39 is 18.3 Å². The Morgan fingerprint density at radius 1 is 1.15 bits per heavy atom. The maximum atomic E-state index is 13.4. The molecule has 3 rings (SSSR count). The predicted octanol–water partition coefficient (Wildman–Crippen LogP) is 4.74. The Morgan fingerprint density at radius 2 is 1.92 bits per heavy atom. The molecule has 2 aromatic carbocycles. The van der Waals surface area contributed by atoms with Crippen LogP contribution >= 0.6 is 0 Å². The minimum absolute atomic E-state index is 0.00209. The zero-order chi connectivity index (χ0) is 18.8. The number of hydrogen-bond donors (Lipinski definition) is 1. The molecule has 1 aromatic heterocycles. The van der Waals surface area contributed by atoms with E-state index >= 15 is 0 Å². The average molecular weight is 365 g/mol. The number of alkyl halides is 2. The van der Waals surface area contributed by atoms with E-state index in [1.54, 1.807) is 6.92 Å². The summed E-state index contributed by atoms with van der Waals surface area (Å²) in [5, 5.41) is 3.01. The number of carbonyl (C=O) groups is 1. The Hall–Kier alpha value is -3.16. The first-order valence-corrected chi connectivity index (χ1v) is 7.52. The van der Waals surface area contributed by atoms with Gasteiger partial charge in [0, 0.05) is 22.7 Å². The molecule has 0 aliphatic heterocycles. The highest BCUT2D eigenvalue weighted by molar-refractivity contribution is 6.06. The number of hydrogen-bond acceptors (Lipinski definition) is 4. The van der Waals surface area contributed by atoms with E-state index in [-0.39, 0.29) is 22.9 Å². The second-order valence-corrected chi connectivity index (χ2v) is 5.39. The Morgan fingerprint density at radius 3 is 2.62 bits per heavy atom. The Kier molecular flexibility index (Phi) is 4.75. The lowest BCUT2D eigenvalue weighted by Gasteiger charge is -2.12. The minimum Gasteiger partial charge on any atom is -0.493 e. The first-order valence-electron chi connectivity index (χ1n) is 7.52. The molecule has 5 nitrogen and oxygen atoms in total. The zero-order valence-electron chi connectivity index (χ0n) is 13.8. The fourth-order valence-electron chi connectivity index (χ4n) is 2.54. The quantitative estimate of drug-likeness (QED) is 0.709. The number of amides is 1. The lowest BCUT2D eigenvalue weighted by molar-refractivity contribution is -0.0511. The van der Waals surface area contributed by atoms with Crippen molar-refractivity contribution in [2.24, 2.45) is 0 Å². The molecular weight excluding hydrogens is 351 g/mol. The van der Waals surface area contributed by atoms with Crippen LogP contribution in [0.3, 0.4) is 0 Å². The van der Waals surface area contributed by atoms with Crippen molar-refractivity contribution in [3.05, 3.63) is 53.5 Å².